The van der Waals surface area contributed by atoms with Crippen molar-refractivity contribution >= 4 is 39.1 Å². The highest BCUT2D eigenvalue weighted by Crippen LogP contribution is 2.29. The number of carbonyl (C=O) groups is 1. The van der Waals surface area contributed by atoms with Crippen molar-refractivity contribution in [1.29, 1.82) is 0 Å². The predicted octanol–water partition coefficient (Wildman–Crippen LogP) is 4.29. The smallest absolute Gasteiger partial charge is 0.223 e. The summed E-state index contributed by atoms with van der Waals surface area (Å²) in [6, 6.07) is 12.8. The Hall–Kier alpha value is -1.80. The van der Waals surface area contributed by atoms with Crippen LogP contribution in [0.3, 0.4) is 0 Å². The second-order valence-electron chi connectivity index (χ2n) is 7.84. The molecule has 1 saturated heterocycles. The lowest BCUT2D eigenvalue weighted by atomic mass is 9.97. The third kappa shape index (κ3) is 6.38. The number of para-hydroxylation sites is 1. The fourth-order valence-electron chi connectivity index (χ4n) is 3.88. The summed E-state index contributed by atoms with van der Waals surface area (Å²) in [5, 5.41) is 3.66. The van der Waals surface area contributed by atoms with Crippen LogP contribution in [0.1, 0.15) is 30.4 Å². The van der Waals surface area contributed by atoms with Crippen LogP contribution in [0.2, 0.25) is 10.0 Å². The molecule has 6 nitrogen and oxygen atoms in total. The Kier molecular flexibility index (Phi) is 8.82. The molecule has 0 aliphatic carbocycles. The number of piperidine rings is 1. The van der Waals surface area contributed by atoms with E-state index in [0.717, 1.165) is 24.2 Å². The van der Waals surface area contributed by atoms with Crippen molar-refractivity contribution in [2.75, 3.05) is 26.7 Å². The van der Waals surface area contributed by atoms with Gasteiger partial charge in [-0.15, -0.1) is 0 Å². The molecule has 2 aromatic carbocycles. The molecule has 2 aromatic rings. The summed E-state index contributed by atoms with van der Waals surface area (Å²) in [4.78, 5) is 12.5. The first-order valence-electron chi connectivity index (χ1n) is 10.6. The van der Waals surface area contributed by atoms with Crippen molar-refractivity contribution in [2.45, 2.75) is 31.4 Å². The van der Waals surface area contributed by atoms with Crippen LogP contribution in [-0.4, -0.2) is 45.4 Å². The molecule has 0 unspecified atom stereocenters. The van der Waals surface area contributed by atoms with E-state index in [2.05, 4.69) is 5.32 Å². The third-order valence-corrected chi connectivity index (χ3v) is 8.23. The van der Waals surface area contributed by atoms with Gasteiger partial charge in [0, 0.05) is 41.2 Å². The number of rotatable bonds is 9. The van der Waals surface area contributed by atoms with Crippen LogP contribution >= 0.6 is 23.2 Å². The van der Waals surface area contributed by atoms with E-state index in [9.17, 15) is 13.2 Å². The fourth-order valence-corrected chi connectivity index (χ4v) is 6.20. The van der Waals surface area contributed by atoms with Crippen LogP contribution in [0.15, 0.2) is 42.5 Å². The van der Waals surface area contributed by atoms with Crippen molar-refractivity contribution in [3.63, 3.8) is 0 Å². The van der Waals surface area contributed by atoms with Gasteiger partial charge in [-0.1, -0.05) is 47.5 Å². The topological polar surface area (TPSA) is 75.7 Å². The molecule has 0 radical (unpaired) electrons. The van der Waals surface area contributed by atoms with Gasteiger partial charge in [-0.3, -0.25) is 4.79 Å². The molecule has 1 amide bonds. The Morgan fingerprint density at radius 3 is 2.41 bits per heavy atom. The summed E-state index contributed by atoms with van der Waals surface area (Å²) in [6.45, 7) is 1.19. The average molecular weight is 499 g/mol. The van der Waals surface area contributed by atoms with Gasteiger partial charge in [0.05, 0.1) is 12.9 Å². The number of ether oxygens (including phenoxy) is 1. The minimum Gasteiger partial charge on any atom is -0.496 e. The molecule has 0 atom stereocenters. The Morgan fingerprint density at radius 2 is 1.75 bits per heavy atom. The van der Waals surface area contributed by atoms with Gasteiger partial charge < -0.3 is 10.1 Å². The summed E-state index contributed by atoms with van der Waals surface area (Å²) in [5.74, 6) is 0.406. The van der Waals surface area contributed by atoms with E-state index in [1.54, 1.807) is 25.3 Å². The molecule has 1 N–H and O–H groups in total. The molecule has 1 heterocycles. The van der Waals surface area contributed by atoms with Crippen molar-refractivity contribution in [1.82, 2.24) is 9.62 Å². The van der Waals surface area contributed by atoms with Gasteiger partial charge in [-0.2, -0.15) is 0 Å². The van der Waals surface area contributed by atoms with E-state index in [1.807, 2.05) is 24.3 Å². The SMILES string of the molecule is COc1ccccc1CCCNC(=O)C1CCN(S(=O)(=O)Cc2c(Cl)cccc2Cl)CC1. The number of hydrogen-bond acceptors (Lipinski definition) is 4. The standard InChI is InChI=1S/C23H28Cl2N2O4S/c1-31-22-10-3-2-6-17(22)7-5-13-26-23(28)18-11-14-27(15-12-18)32(29,30)16-19-20(24)8-4-9-21(19)25/h2-4,6,8-10,18H,5,7,11-16H2,1H3,(H,26,28). The summed E-state index contributed by atoms with van der Waals surface area (Å²) >= 11 is 12.3. The average Bonchev–Trinajstić information content (AvgIpc) is 2.79. The molecular weight excluding hydrogens is 471 g/mol. The Labute approximate surface area is 199 Å². The Bertz CT molecular complexity index is 1020. The first-order valence-corrected chi connectivity index (χ1v) is 13.0. The minimum absolute atomic E-state index is 0.0174. The molecule has 0 bridgehead atoms. The normalized spacial score (nSPS) is 15.5. The molecule has 0 saturated carbocycles. The number of nitrogens with one attached hydrogen (secondary N) is 1. The van der Waals surface area contributed by atoms with Crippen molar-refractivity contribution in [3.05, 3.63) is 63.6 Å². The number of benzene rings is 2. The maximum atomic E-state index is 12.8. The second-order valence-corrected chi connectivity index (χ2v) is 10.6. The molecule has 3 rings (SSSR count). The summed E-state index contributed by atoms with van der Waals surface area (Å²) in [5.41, 5.74) is 1.52. The number of carbonyl (C=O) groups excluding carboxylic acids is 1. The summed E-state index contributed by atoms with van der Waals surface area (Å²) in [6.07, 6.45) is 2.60. The number of nitrogens with zero attached hydrogens (tertiary/aromatic N) is 1. The van der Waals surface area contributed by atoms with E-state index in [0.29, 0.717) is 48.1 Å². The van der Waals surface area contributed by atoms with Gasteiger partial charge in [0.1, 0.15) is 5.75 Å². The number of amides is 1. The zero-order valence-corrected chi connectivity index (χ0v) is 20.3. The first-order chi connectivity index (χ1) is 15.3. The fraction of sp³-hybridized carbons (Fsp3) is 0.435. The first kappa shape index (κ1) is 24.8. The Morgan fingerprint density at radius 1 is 1.09 bits per heavy atom. The van der Waals surface area contributed by atoms with E-state index >= 15 is 0 Å². The molecule has 174 valence electrons. The minimum atomic E-state index is -3.57. The quantitative estimate of drug-likeness (QED) is 0.523. The largest absolute Gasteiger partial charge is 0.496 e. The van der Waals surface area contributed by atoms with Crippen LogP contribution < -0.4 is 10.1 Å². The van der Waals surface area contributed by atoms with Gasteiger partial charge in [-0.25, -0.2) is 12.7 Å². The number of aryl methyl sites for hydroxylation is 1. The van der Waals surface area contributed by atoms with Crippen LogP contribution in [0, 0.1) is 5.92 Å². The van der Waals surface area contributed by atoms with E-state index in [4.69, 9.17) is 27.9 Å². The molecular formula is C23H28Cl2N2O4S. The lowest BCUT2D eigenvalue weighted by molar-refractivity contribution is -0.126. The van der Waals surface area contributed by atoms with Gasteiger partial charge >= 0.3 is 0 Å². The maximum absolute atomic E-state index is 12.8. The highest BCUT2D eigenvalue weighted by Gasteiger charge is 2.31. The lowest BCUT2D eigenvalue weighted by Gasteiger charge is -2.30. The van der Waals surface area contributed by atoms with E-state index in [1.165, 1.54) is 4.31 Å². The third-order valence-electron chi connectivity index (χ3n) is 5.72. The molecule has 32 heavy (non-hydrogen) atoms. The zero-order valence-electron chi connectivity index (χ0n) is 18.0. The summed E-state index contributed by atoms with van der Waals surface area (Å²) < 4.78 is 32.4. The maximum Gasteiger partial charge on any atom is 0.223 e. The molecule has 9 heteroatoms. The monoisotopic (exact) mass is 498 g/mol. The second kappa shape index (κ2) is 11.4. The van der Waals surface area contributed by atoms with Gasteiger partial charge in [0.25, 0.3) is 0 Å². The van der Waals surface area contributed by atoms with Crippen LogP contribution in [0.4, 0.5) is 0 Å². The van der Waals surface area contributed by atoms with Crippen LogP contribution in [0.5, 0.6) is 5.75 Å². The number of halogens is 2. The van der Waals surface area contributed by atoms with Crippen LogP contribution in [0.25, 0.3) is 0 Å². The highest BCUT2D eigenvalue weighted by molar-refractivity contribution is 7.88. The molecule has 1 aliphatic rings. The van der Waals surface area contributed by atoms with Crippen molar-refractivity contribution in [2.24, 2.45) is 5.92 Å². The zero-order chi connectivity index (χ0) is 23.1. The number of hydrogen-bond donors (Lipinski definition) is 1. The molecule has 0 spiro atoms. The number of methoxy groups -OCH3 is 1. The molecule has 1 fully saturated rings. The van der Waals surface area contributed by atoms with Crippen molar-refractivity contribution < 1.29 is 17.9 Å². The van der Waals surface area contributed by atoms with Gasteiger partial charge in [0.2, 0.25) is 15.9 Å². The molecule has 0 aromatic heterocycles. The lowest BCUT2D eigenvalue weighted by Crippen LogP contribution is -2.43. The van der Waals surface area contributed by atoms with E-state index in [-0.39, 0.29) is 17.6 Å². The number of sulfonamides is 1. The molecule has 1 aliphatic heterocycles. The van der Waals surface area contributed by atoms with Crippen molar-refractivity contribution in [3.8, 4) is 5.75 Å². The van der Waals surface area contributed by atoms with Gasteiger partial charge in [-0.05, 0) is 49.4 Å². The Balaban J connectivity index is 1.45. The predicted molar refractivity (Wildman–Crippen MR) is 128 cm³/mol. The highest BCUT2D eigenvalue weighted by atomic mass is 35.5. The van der Waals surface area contributed by atoms with E-state index < -0.39 is 10.0 Å². The van der Waals surface area contributed by atoms with Gasteiger partial charge in [0.15, 0.2) is 0 Å². The van der Waals surface area contributed by atoms with Crippen LogP contribution in [-0.2, 0) is 27.0 Å². The summed E-state index contributed by atoms with van der Waals surface area (Å²) in [7, 11) is -1.92.